The Morgan fingerprint density at radius 3 is 2.57 bits per heavy atom. The van der Waals surface area contributed by atoms with Gasteiger partial charge in [-0.25, -0.2) is 4.98 Å². The van der Waals surface area contributed by atoms with E-state index in [9.17, 15) is 10.1 Å². The number of hydrogen-bond acceptors (Lipinski definition) is 6. The maximum Gasteiger partial charge on any atom is 0.311 e. The Morgan fingerprint density at radius 1 is 1.33 bits per heavy atom. The lowest BCUT2D eigenvalue weighted by Crippen LogP contribution is -2.48. The Morgan fingerprint density at radius 2 is 2.00 bits per heavy atom. The lowest BCUT2D eigenvalue weighted by molar-refractivity contribution is -0.384. The zero-order valence-electron chi connectivity index (χ0n) is 12.3. The van der Waals surface area contributed by atoms with Crippen LogP contribution >= 0.6 is 11.6 Å². The van der Waals surface area contributed by atoms with Gasteiger partial charge in [0.2, 0.25) is 5.82 Å². The van der Waals surface area contributed by atoms with Crippen LogP contribution in [0.25, 0.3) is 0 Å². The zero-order chi connectivity index (χ0) is 15.4. The fourth-order valence-corrected chi connectivity index (χ4v) is 2.46. The molecule has 0 aliphatic carbocycles. The summed E-state index contributed by atoms with van der Waals surface area (Å²) in [6.45, 7) is 5.21. The van der Waals surface area contributed by atoms with Gasteiger partial charge in [-0.05, 0) is 20.2 Å². The molecule has 0 bridgehead atoms. The molecule has 0 aromatic carbocycles. The number of nitro groups is 1. The van der Waals surface area contributed by atoms with Gasteiger partial charge in [0.25, 0.3) is 0 Å². The molecule has 2 rings (SSSR count). The average Bonchev–Trinajstić information content (AvgIpc) is 2.45. The molecule has 8 heteroatoms. The first-order valence-corrected chi connectivity index (χ1v) is 7.28. The average molecular weight is 314 g/mol. The van der Waals surface area contributed by atoms with Crippen LogP contribution in [0.2, 0.25) is 5.15 Å². The Hall–Kier alpha value is -1.44. The van der Waals surface area contributed by atoms with Crippen LogP contribution in [0.1, 0.15) is 0 Å². The third kappa shape index (κ3) is 4.26. The fraction of sp³-hybridized carbons (Fsp3) is 0.615. The SMILES string of the molecule is CN(C)CCN1CCN(c2nc(Cl)ccc2[N+](=O)[O-])CC1. The van der Waals surface area contributed by atoms with Crippen molar-refractivity contribution < 1.29 is 4.92 Å². The molecule has 1 aliphatic rings. The fourth-order valence-electron chi connectivity index (χ4n) is 2.32. The zero-order valence-corrected chi connectivity index (χ0v) is 13.1. The van der Waals surface area contributed by atoms with E-state index in [4.69, 9.17) is 11.6 Å². The largest absolute Gasteiger partial charge is 0.348 e. The summed E-state index contributed by atoms with van der Waals surface area (Å²) in [5, 5.41) is 11.4. The molecule has 0 saturated carbocycles. The summed E-state index contributed by atoms with van der Waals surface area (Å²) in [6.07, 6.45) is 0. The Balaban J connectivity index is 2.02. The molecule has 1 aromatic heterocycles. The number of hydrogen-bond donors (Lipinski definition) is 0. The van der Waals surface area contributed by atoms with Crippen LogP contribution in [-0.2, 0) is 0 Å². The number of aromatic nitrogens is 1. The van der Waals surface area contributed by atoms with Crippen LogP contribution in [0, 0.1) is 10.1 Å². The third-order valence-corrected chi connectivity index (χ3v) is 3.76. The van der Waals surface area contributed by atoms with Crippen LogP contribution in [0.4, 0.5) is 11.5 Å². The first-order valence-electron chi connectivity index (χ1n) is 6.90. The highest BCUT2D eigenvalue weighted by Crippen LogP contribution is 2.28. The molecule has 0 unspecified atom stereocenters. The number of rotatable bonds is 5. The Bertz CT molecular complexity index is 503. The summed E-state index contributed by atoms with van der Waals surface area (Å²) in [6, 6.07) is 2.87. The van der Waals surface area contributed by atoms with E-state index in [1.165, 1.54) is 12.1 Å². The predicted octanol–water partition coefficient (Wildman–Crippen LogP) is 1.33. The highest BCUT2D eigenvalue weighted by Gasteiger charge is 2.25. The summed E-state index contributed by atoms with van der Waals surface area (Å²) in [7, 11) is 4.10. The maximum absolute atomic E-state index is 11.1. The molecule has 1 saturated heterocycles. The minimum absolute atomic E-state index is 0.0149. The lowest BCUT2D eigenvalue weighted by atomic mass is 10.3. The van der Waals surface area contributed by atoms with Crippen LogP contribution in [0.15, 0.2) is 12.1 Å². The standard InChI is InChI=1S/C13H20ClN5O2/c1-16(2)5-6-17-7-9-18(10-8-17)13-11(19(20)21)3-4-12(14)15-13/h3-4H,5-10H2,1-2H3. The molecule has 0 amide bonds. The quantitative estimate of drug-likeness (QED) is 0.464. The molecule has 2 heterocycles. The number of likely N-dealkylation sites (N-methyl/N-ethyl adjacent to an activating group) is 1. The van der Waals surface area contributed by atoms with Gasteiger partial charge in [0, 0.05) is 45.3 Å². The summed E-state index contributed by atoms with van der Waals surface area (Å²) < 4.78 is 0. The number of anilines is 1. The van der Waals surface area contributed by atoms with Gasteiger partial charge in [0.1, 0.15) is 5.15 Å². The van der Waals surface area contributed by atoms with Gasteiger partial charge in [0.05, 0.1) is 4.92 Å². The van der Waals surface area contributed by atoms with E-state index in [2.05, 4.69) is 28.9 Å². The molecular formula is C13H20ClN5O2. The van der Waals surface area contributed by atoms with Crippen LogP contribution in [0.3, 0.4) is 0 Å². The topological polar surface area (TPSA) is 65.8 Å². The van der Waals surface area contributed by atoms with Crippen LogP contribution in [-0.4, -0.2) is 73.1 Å². The molecular weight excluding hydrogens is 294 g/mol. The molecule has 1 aromatic rings. The lowest BCUT2D eigenvalue weighted by Gasteiger charge is -2.35. The van der Waals surface area contributed by atoms with E-state index in [1.54, 1.807) is 0 Å². The van der Waals surface area contributed by atoms with Crippen molar-refractivity contribution >= 4 is 23.1 Å². The second-order valence-electron chi connectivity index (χ2n) is 5.37. The van der Waals surface area contributed by atoms with Gasteiger partial charge in [-0.15, -0.1) is 0 Å². The summed E-state index contributed by atoms with van der Waals surface area (Å²) in [5.74, 6) is 0.375. The van der Waals surface area contributed by atoms with Gasteiger partial charge in [-0.3, -0.25) is 15.0 Å². The van der Waals surface area contributed by atoms with E-state index in [0.29, 0.717) is 5.82 Å². The van der Waals surface area contributed by atoms with Gasteiger partial charge >= 0.3 is 5.69 Å². The second kappa shape index (κ2) is 7.02. The van der Waals surface area contributed by atoms with Crippen molar-refractivity contribution in [2.24, 2.45) is 0 Å². The number of halogens is 1. The van der Waals surface area contributed by atoms with Crippen molar-refractivity contribution in [3.05, 3.63) is 27.4 Å². The van der Waals surface area contributed by atoms with Crippen LogP contribution < -0.4 is 4.90 Å². The van der Waals surface area contributed by atoms with Crippen molar-refractivity contribution in [3.8, 4) is 0 Å². The first-order chi connectivity index (χ1) is 9.97. The van der Waals surface area contributed by atoms with Crippen molar-refractivity contribution in [2.45, 2.75) is 0 Å². The van der Waals surface area contributed by atoms with Crippen molar-refractivity contribution in [1.82, 2.24) is 14.8 Å². The minimum atomic E-state index is -0.406. The molecule has 21 heavy (non-hydrogen) atoms. The van der Waals surface area contributed by atoms with E-state index in [-0.39, 0.29) is 10.8 Å². The first kappa shape index (κ1) is 15.9. The highest BCUT2D eigenvalue weighted by molar-refractivity contribution is 6.29. The summed E-state index contributed by atoms with van der Waals surface area (Å²) >= 11 is 5.88. The Kier molecular flexibility index (Phi) is 5.33. The molecule has 1 aliphatic heterocycles. The second-order valence-corrected chi connectivity index (χ2v) is 5.75. The van der Waals surface area contributed by atoms with E-state index in [0.717, 1.165) is 39.3 Å². The van der Waals surface area contributed by atoms with Gasteiger partial charge in [-0.2, -0.15) is 0 Å². The third-order valence-electron chi connectivity index (χ3n) is 3.55. The number of pyridine rings is 1. The molecule has 116 valence electrons. The van der Waals surface area contributed by atoms with Gasteiger partial charge in [-0.1, -0.05) is 11.6 Å². The monoisotopic (exact) mass is 313 g/mol. The van der Waals surface area contributed by atoms with Gasteiger partial charge in [0.15, 0.2) is 0 Å². The van der Waals surface area contributed by atoms with Crippen molar-refractivity contribution in [1.29, 1.82) is 0 Å². The molecule has 7 nitrogen and oxygen atoms in total. The molecule has 1 fully saturated rings. The van der Waals surface area contributed by atoms with Crippen molar-refractivity contribution in [2.75, 3.05) is 58.3 Å². The summed E-state index contributed by atoms with van der Waals surface area (Å²) in [4.78, 5) is 21.3. The number of nitrogens with zero attached hydrogens (tertiary/aromatic N) is 5. The van der Waals surface area contributed by atoms with Crippen LogP contribution in [0.5, 0.6) is 0 Å². The minimum Gasteiger partial charge on any atom is -0.348 e. The van der Waals surface area contributed by atoms with E-state index < -0.39 is 4.92 Å². The molecule has 0 spiro atoms. The highest BCUT2D eigenvalue weighted by atomic mass is 35.5. The normalized spacial score (nSPS) is 16.5. The molecule has 0 N–H and O–H groups in total. The van der Waals surface area contributed by atoms with Crippen molar-refractivity contribution in [3.63, 3.8) is 0 Å². The molecule has 0 radical (unpaired) electrons. The molecule has 0 atom stereocenters. The maximum atomic E-state index is 11.1. The number of piperazine rings is 1. The predicted molar refractivity (Wildman–Crippen MR) is 83.1 cm³/mol. The smallest absolute Gasteiger partial charge is 0.311 e. The van der Waals surface area contributed by atoms with Gasteiger partial charge < -0.3 is 9.80 Å². The summed E-state index contributed by atoms with van der Waals surface area (Å²) in [5.41, 5.74) is 0.0149. The van der Waals surface area contributed by atoms with E-state index >= 15 is 0 Å². The van der Waals surface area contributed by atoms with E-state index in [1.807, 2.05) is 4.90 Å². The Labute approximate surface area is 129 Å².